The highest BCUT2D eigenvalue weighted by molar-refractivity contribution is 14.1. The summed E-state index contributed by atoms with van der Waals surface area (Å²) in [5.74, 6) is 0. The van der Waals surface area contributed by atoms with Crippen LogP contribution in [-0.2, 0) is 0 Å². The standard InChI is InChI=1S/C11H10INO/c1-8(12)13-10-5-3-2-4-9(10)6-7-11(13)14/h2-8H,1H3. The van der Waals surface area contributed by atoms with Gasteiger partial charge < -0.3 is 0 Å². The Labute approximate surface area is 95.7 Å². The lowest BCUT2D eigenvalue weighted by Crippen LogP contribution is -2.19. The summed E-state index contributed by atoms with van der Waals surface area (Å²) in [4.78, 5) is 11.6. The second-order valence-electron chi connectivity index (χ2n) is 3.17. The van der Waals surface area contributed by atoms with Crippen LogP contribution in [0.5, 0.6) is 0 Å². The Bertz CT molecular complexity index is 516. The Kier molecular flexibility index (Phi) is 2.58. The second-order valence-corrected chi connectivity index (χ2v) is 4.98. The van der Waals surface area contributed by atoms with Crippen LogP contribution in [0.2, 0.25) is 0 Å². The zero-order valence-corrected chi connectivity index (χ0v) is 9.93. The van der Waals surface area contributed by atoms with Crippen molar-refractivity contribution in [3.63, 3.8) is 0 Å². The molecule has 0 saturated carbocycles. The molecule has 0 bridgehead atoms. The maximum absolute atomic E-state index is 11.6. The van der Waals surface area contributed by atoms with E-state index in [0.717, 1.165) is 10.9 Å². The van der Waals surface area contributed by atoms with Crippen molar-refractivity contribution in [2.45, 2.75) is 11.0 Å². The van der Waals surface area contributed by atoms with E-state index in [9.17, 15) is 4.79 Å². The first-order valence-electron chi connectivity index (χ1n) is 4.44. The lowest BCUT2D eigenvalue weighted by atomic mass is 10.2. The Hall–Kier alpha value is -0.840. The minimum atomic E-state index is 0.0607. The highest BCUT2D eigenvalue weighted by Gasteiger charge is 2.05. The zero-order valence-electron chi connectivity index (χ0n) is 7.77. The molecule has 2 rings (SSSR count). The minimum absolute atomic E-state index is 0.0607. The van der Waals surface area contributed by atoms with E-state index in [0.29, 0.717) is 0 Å². The monoisotopic (exact) mass is 299 g/mol. The molecule has 0 saturated heterocycles. The topological polar surface area (TPSA) is 22.0 Å². The molecule has 72 valence electrons. The number of hydrogen-bond acceptors (Lipinski definition) is 1. The largest absolute Gasteiger partial charge is 0.296 e. The van der Waals surface area contributed by atoms with Crippen molar-refractivity contribution in [1.29, 1.82) is 0 Å². The Balaban J connectivity index is 2.90. The molecule has 3 heteroatoms. The van der Waals surface area contributed by atoms with Gasteiger partial charge in [0, 0.05) is 6.07 Å². The fourth-order valence-electron chi connectivity index (χ4n) is 1.57. The van der Waals surface area contributed by atoms with Gasteiger partial charge >= 0.3 is 0 Å². The number of halogens is 1. The average Bonchev–Trinajstić information content (AvgIpc) is 2.17. The van der Waals surface area contributed by atoms with E-state index in [2.05, 4.69) is 22.6 Å². The van der Waals surface area contributed by atoms with Crippen molar-refractivity contribution in [2.24, 2.45) is 0 Å². The van der Waals surface area contributed by atoms with E-state index in [1.165, 1.54) is 0 Å². The van der Waals surface area contributed by atoms with E-state index in [4.69, 9.17) is 0 Å². The van der Waals surface area contributed by atoms with Crippen molar-refractivity contribution in [3.8, 4) is 0 Å². The number of benzene rings is 1. The van der Waals surface area contributed by atoms with Crippen LogP contribution in [-0.4, -0.2) is 4.57 Å². The molecule has 1 unspecified atom stereocenters. The van der Waals surface area contributed by atoms with Crippen LogP contribution < -0.4 is 5.56 Å². The highest BCUT2D eigenvalue weighted by Crippen LogP contribution is 2.19. The minimum Gasteiger partial charge on any atom is -0.296 e. The van der Waals surface area contributed by atoms with Gasteiger partial charge in [0.2, 0.25) is 0 Å². The molecule has 1 atom stereocenters. The molecule has 0 amide bonds. The Morgan fingerprint density at radius 1 is 1.21 bits per heavy atom. The SMILES string of the molecule is CC(I)n1c(=O)ccc2ccccc21. The molecular formula is C11H10INO. The molecule has 0 aliphatic rings. The third kappa shape index (κ3) is 1.56. The number of aromatic nitrogens is 1. The van der Waals surface area contributed by atoms with E-state index in [1.54, 1.807) is 10.6 Å². The second kappa shape index (κ2) is 3.73. The summed E-state index contributed by atoms with van der Waals surface area (Å²) in [5, 5.41) is 1.11. The number of nitrogens with zero attached hydrogens (tertiary/aromatic N) is 1. The molecular weight excluding hydrogens is 289 g/mol. The van der Waals surface area contributed by atoms with Crippen LogP contribution in [0.3, 0.4) is 0 Å². The summed E-state index contributed by atoms with van der Waals surface area (Å²) >= 11 is 2.24. The van der Waals surface area contributed by atoms with Gasteiger partial charge in [0.15, 0.2) is 0 Å². The van der Waals surface area contributed by atoms with Gasteiger partial charge in [-0.1, -0.05) is 40.8 Å². The smallest absolute Gasteiger partial charge is 0.251 e. The first-order valence-corrected chi connectivity index (χ1v) is 5.69. The van der Waals surface area contributed by atoms with Crippen LogP contribution >= 0.6 is 22.6 Å². The van der Waals surface area contributed by atoms with Gasteiger partial charge in [-0.15, -0.1) is 0 Å². The fourth-order valence-corrected chi connectivity index (χ4v) is 2.15. The number of alkyl halides is 1. The fraction of sp³-hybridized carbons (Fsp3) is 0.182. The van der Waals surface area contributed by atoms with Crippen LogP contribution in [0.1, 0.15) is 11.0 Å². The molecule has 2 nitrogen and oxygen atoms in total. The van der Waals surface area contributed by atoms with Crippen molar-refractivity contribution >= 4 is 33.5 Å². The molecule has 0 radical (unpaired) electrons. The van der Waals surface area contributed by atoms with E-state index >= 15 is 0 Å². The summed E-state index contributed by atoms with van der Waals surface area (Å²) in [6.07, 6.45) is 0. The molecule has 14 heavy (non-hydrogen) atoms. The molecule has 2 aromatic rings. The first-order chi connectivity index (χ1) is 6.70. The lowest BCUT2D eigenvalue weighted by molar-refractivity contribution is 0.766. The highest BCUT2D eigenvalue weighted by atomic mass is 127. The predicted octanol–water partition coefficient (Wildman–Crippen LogP) is 2.96. The maximum atomic E-state index is 11.6. The maximum Gasteiger partial charge on any atom is 0.251 e. The molecule has 0 fully saturated rings. The summed E-state index contributed by atoms with van der Waals surface area (Å²) < 4.78 is 1.97. The number of hydrogen-bond donors (Lipinski definition) is 0. The van der Waals surface area contributed by atoms with Crippen LogP contribution in [0, 0.1) is 0 Å². The summed E-state index contributed by atoms with van der Waals surface area (Å²) in [6, 6.07) is 11.4. The normalized spacial score (nSPS) is 13.0. The molecule has 1 aromatic heterocycles. The van der Waals surface area contributed by atoms with Crippen molar-refractivity contribution < 1.29 is 0 Å². The molecule has 0 aliphatic carbocycles. The van der Waals surface area contributed by atoms with Gasteiger partial charge in [0.05, 0.1) is 9.57 Å². The molecule has 0 aliphatic heterocycles. The summed E-state index contributed by atoms with van der Waals surface area (Å²) in [6.45, 7) is 2.01. The molecule has 1 heterocycles. The van der Waals surface area contributed by atoms with Crippen molar-refractivity contribution in [1.82, 2.24) is 4.57 Å². The molecule has 1 aromatic carbocycles. The van der Waals surface area contributed by atoms with Crippen LogP contribution in [0.15, 0.2) is 41.2 Å². The van der Waals surface area contributed by atoms with E-state index < -0.39 is 0 Å². The quantitative estimate of drug-likeness (QED) is 0.586. The van der Waals surface area contributed by atoms with Gasteiger partial charge in [-0.2, -0.15) is 0 Å². The van der Waals surface area contributed by atoms with E-state index in [1.807, 2.05) is 37.3 Å². The predicted molar refractivity (Wildman–Crippen MR) is 66.9 cm³/mol. The third-order valence-electron chi connectivity index (χ3n) is 2.19. The van der Waals surface area contributed by atoms with E-state index in [-0.39, 0.29) is 9.61 Å². The van der Waals surface area contributed by atoms with Gasteiger partial charge in [-0.3, -0.25) is 9.36 Å². The molecule has 0 spiro atoms. The number of rotatable bonds is 1. The summed E-state index contributed by atoms with van der Waals surface area (Å²) in [7, 11) is 0. The average molecular weight is 299 g/mol. The van der Waals surface area contributed by atoms with Gasteiger partial charge in [-0.05, 0) is 24.4 Å². The number of fused-ring (bicyclic) bond motifs is 1. The Morgan fingerprint density at radius 2 is 1.93 bits per heavy atom. The first kappa shape index (κ1) is 9.71. The van der Waals surface area contributed by atoms with Crippen LogP contribution in [0.25, 0.3) is 10.9 Å². The third-order valence-corrected chi connectivity index (χ3v) is 2.75. The van der Waals surface area contributed by atoms with Gasteiger partial charge in [-0.25, -0.2) is 0 Å². The zero-order chi connectivity index (χ0) is 10.1. The number of pyridine rings is 1. The van der Waals surface area contributed by atoms with Gasteiger partial charge in [0.25, 0.3) is 5.56 Å². The number of para-hydroxylation sites is 1. The Morgan fingerprint density at radius 3 is 2.64 bits per heavy atom. The van der Waals surface area contributed by atoms with Crippen molar-refractivity contribution in [3.05, 3.63) is 46.8 Å². The van der Waals surface area contributed by atoms with Gasteiger partial charge in [0.1, 0.15) is 0 Å². The molecule has 0 N–H and O–H groups in total. The summed E-state index contributed by atoms with van der Waals surface area (Å²) in [5.41, 5.74) is 1.06. The van der Waals surface area contributed by atoms with Crippen LogP contribution in [0.4, 0.5) is 0 Å². The lowest BCUT2D eigenvalue weighted by Gasteiger charge is -2.11. The van der Waals surface area contributed by atoms with Crippen molar-refractivity contribution in [2.75, 3.05) is 0 Å².